The van der Waals surface area contributed by atoms with Gasteiger partial charge in [0.25, 0.3) is 11.1 Å². The molecule has 1 amide bonds. The minimum atomic E-state index is -3.66. The largest absolute Gasteiger partial charge is 0.497 e. The molecule has 0 saturated carbocycles. The van der Waals surface area contributed by atoms with Crippen LogP contribution in [0.1, 0.15) is 19.4 Å². The zero-order valence-corrected chi connectivity index (χ0v) is 21.4. The van der Waals surface area contributed by atoms with Gasteiger partial charge in [-0.25, -0.2) is 8.42 Å². The molecule has 0 saturated heterocycles. The zero-order chi connectivity index (χ0) is 26.1. The number of hydrogen-bond acceptors (Lipinski definition) is 10. The van der Waals surface area contributed by atoms with Gasteiger partial charge in [0.2, 0.25) is 15.0 Å². The van der Waals surface area contributed by atoms with Gasteiger partial charge in [0.15, 0.2) is 0 Å². The van der Waals surface area contributed by atoms with Gasteiger partial charge in [-0.1, -0.05) is 18.2 Å². The lowest BCUT2D eigenvalue weighted by Crippen LogP contribution is -2.16. The van der Waals surface area contributed by atoms with Crippen LogP contribution in [-0.2, 0) is 14.6 Å². The summed E-state index contributed by atoms with van der Waals surface area (Å²) >= 11 is 0.726. The second kappa shape index (κ2) is 12.1. The summed E-state index contributed by atoms with van der Waals surface area (Å²) in [6.45, 7) is 3.67. The van der Waals surface area contributed by atoms with Gasteiger partial charge in [-0.2, -0.15) is 14.6 Å². The highest BCUT2D eigenvalue weighted by Crippen LogP contribution is 2.21. The fourth-order valence-corrected chi connectivity index (χ4v) is 4.43. The maximum Gasteiger partial charge on any atom is 0.268 e. The smallest absolute Gasteiger partial charge is 0.268 e. The fraction of sp³-hybridized carbons (Fsp3) is 0.250. The van der Waals surface area contributed by atoms with E-state index in [4.69, 9.17) is 14.2 Å². The molecule has 10 nitrogen and oxygen atoms in total. The van der Waals surface area contributed by atoms with Gasteiger partial charge in [0.1, 0.15) is 42.1 Å². The Kier molecular flexibility index (Phi) is 8.99. The van der Waals surface area contributed by atoms with Crippen LogP contribution in [0.5, 0.6) is 17.2 Å². The first kappa shape index (κ1) is 26.7. The molecule has 1 heterocycles. The zero-order valence-electron chi connectivity index (χ0n) is 19.8. The van der Waals surface area contributed by atoms with Crippen molar-refractivity contribution >= 4 is 38.5 Å². The number of nitrogens with one attached hydrogen (secondary N) is 1. The van der Waals surface area contributed by atoms with Crippen LogP contribution in [0.25, 0.3) is 6.08 Å². The van der Waals surface area contributed by atoms with E-state index in [-0.39, 0.29) is 15.9 Å². The topological polar surface area (TPSA) is 140 Å². The van der Waals surface area contributed by atoms with E-state index in [1.165, 1.54) is 19.9 Å². The highest BCUT2D eigenvalue weighted by Gasteiger charge is 2.25. The van der Waals surface area contributed by atoms with Crippen LogP contribution in [-0.4, -0.2) is 49.3 Å². The van der Waals surface area contributed by atoms with Gasteiger partial charge in [-0.15, -0.1) is 0 Å². The molecule has 0 spiro atoms. The number of nitrogens with zero attached hydrogens (tertiary/aromatic N) is 3. The predicted molar refractivity (Wildman–Crippen MR) is 135 cm³/mol. The van der Waals surface area contributed by atoms with E-state index in [2.05, 4.69) is 14.7 Å². The molecule has 0 unspecified atom stereocenters. The van der Waals surface area contributed by atoms with Crippen molar-refractivity contribution in [3.8, 4) is 23.3 Å². The van der Waals surface area contributed by atoms with Crippen LogP contribution in [0.15, 0.2) is 59.3 Å². The Bertz CT molecular complexity index is 1380. The molecular weight excluding hydrogens is 504 g/mol. The molecule has 0 bridgehead atoms. The normalized spacial score (nSPS) is 11.6. The van der Waals surface area contributed by atoms with Crippen molar-refractivity contribution < 1.29 is 27.4 Å². The highest BCUT2D eigenvalue weighted by molar-refractivity contribution is 7.91. The van der Waals surface area contributed by atoms with Crippen LogP contribution in [0, 0.1) is 11.3 Å². The number of sulfone groups is 1. The molecule has 0 aliphatic rings. The number of nitriles is 1. The third-order valence-electron chi connectivity index (χ3n) is 4.72. The summed E-state index contributed by atoms with van der Waals surface area (Å²) < 4.78 is 44.5. The lowest BCUT2D eigenvalue weighted by Gasteiger charge is -2.09. The molecule has 0 radical (unpaired) electrons. The molecule has 36 heavy (non-hydrogen) atoms. The maximum absolute atomic E-state index is 12.5. The SMILES string of the molecule is COc1cccc(OCCOc2ccc(C=C(C#N)C(=O)Nc3nc(S(=O)(=O)C(C)C)ns3)cc2)c1. The maximum atomic E-state index is 12.5. The first-order chi connectivity index (χ1) is 17.2. The minimum absolute atomic E-state index is 0.0136. The molecule has 1 aromatic heterocycles. The van der Waals surface area contributed by atoms with Crippen LogP contribution < -0.4 is 19.5 Å². The van der Waals surface area contributed by atoms with Crippen LogP contribution in [0.3, 0.4) is 0 Å². The fourth-order valence-electron chi connectivity index (χ4n) is 2.74. The number of carbonyl (C=O) groups is 1. The average Bonchev–Trinajstić information content (AvgIpc) is 3.35. The lowest BCUT2D eigenvalue weighted by molar-refractivity contribution is -0.112. The number of hydrogen-bond donors (Lipinski definition) is 1. The van der Waals surface area contributed by atoms with Crippen molar-refractivity contribution in [2.45, 2.75) is 24.3 Å². The molecule has 188 valence electrons. The van der Waals surface area contributed by atoms with Gasteiger partial charge in [-0.3, -0.25) is 10.1 Å². The Morgan fingerprint density at radius 1 is 1.11 bits per heavy atom. The van der Waals surface area contributed by atoms with Crippen molar-refractivity contribution in [2.24, 2.45) is 0 Å². The quantitative estimate of drug-likeness (QED) is 0.224. The van der Waals surface area contributed by atoms with Crippen molar-refractivity contribution in [1.29, 1.82) is 5.26 Å². The Labute approximate surface area is 213 Å². The van der Waals surface area contributed by atoms with E-state index in [9.17, 15) is 18.5 Å². The van der Waals surface area contributed by atoms with Crippen molar-refractivity contribution in [1.82, 2.24) is 9.36 Å². The number of ether oxygens (including phenoxy) is 3. The molecule has 3 aromatic rings. The number of methoxy groups -OCH3 is 1. The number of amides is 1. The van der Waals surface area contributed by atoms with Crippen LogP contribution in [0.2, 0.25) is 0 Å². The number of benzene rings is 2. The second-order valence-electron chi connectivity index (χ2n) is 7.54. The Morgan fingerprint density at radius 3 is 2.42 bits per heavy atom. The summed E-state index contributed by atoms with van der Waals surface area (Å²) in [7, 11) is -2.08. The number of aromatic nitrogens is 2. The van der Waals surface area contributed by atoms with E-state index in [0.29, 0.717) is 36.0 Å². The van der Waals surface area contributed by atoms with Gasteiger partial charge >= 0.3 is 0 Å². The Balaban J connectivity index is 1.55. The Hall–Kier alpha value is -3.95. The molecule has 2 aromatic carbocycles. The monoisotopic (exact) mass is 528 g/mol. The average molecular weight is 529 g/mol. The molecular formula is C24H24N4O6S2. The number of rotatable bonds is 11. The van der Waals surface area contributed by atoms with Crippen LogP contribution >= 0.6 is 11.5 Å². The molecule has 0 atom stereocenters. The molecule has 3 rings (SSSR count). The molecule has 0 fully saturated rings. The summed E-state index contributed by atoms with van der Waals surface area (Å²) in [6, 6.07) is 15.9. The Morgan fingerprint density at radius 2 is 1.78 bits per heavy atom. The third-order valence-corrected chi connectivity index (χ3v) is 7.40. The third kappa shape index (κ3) is 7.03. The van der Waals surface area contributed by atoms with Crippen molar-refractivity contribution in [3.05, 3.63) is 59.7 Å². The second-order valence-corrected chi connectivity index (χ2v) is 10.7. The summed E-state index contributed by atoms with van der Waals surface area (Å²) in [5, 5.41) is 10.8. The summed E-state index contributed by atoms with van der Waals surface area (Å²) in [5.74, 6) is 1.25. The lowest BCUT2D eigenvalue weighted by atomic mass is 10.1. The van der Waals surface area contributed by atoms with Crippen LogP contribution in [0.4, 0.5) is 5.13 Å². The van der Waals surface area contributed by atoms with E-state index in [1.807, 2.05) is 24.3 Å². The molecule has 12 heteroatoms. The first-order valence-corrected chi connectivity index (χ1v) is 13.1. The van der Waals surface area contributed by atoms with Crippen molar-refractivity contribution in [3.63, 3.8) is 0 Å². The molecule has 1 N–H and O–H groups in total. The first-order valence-electron chi connectivity index (χ1n) is 10.7. The van der Waals surface area contributed by atoms with E-state index < -0.39 is 21.0 Å². The van der Waals surface area contributed by atoms with E-state index in [0.717, 1.165) is 11.5 Å². The van der Waals surface area contributed by atoms with Gasteiger partial charge in [-0.05, 0) is 49.8 Å². The molecule has 0 aliphatic carbocycles. The van der Waals surface area contributed by atoms with Crippen molar-refractivity contribution in [2.75, 3.05) is 25.6 Å². The van der Waals surface area contributed by atoms with Gasteiger partial charge in [0.05, 0.1) is 12.4 Å². The minimum Gasteiger partial charge on any atom is -0.497 e. The predicted octanol–water partition coefficient (Wildman–Crippen LogP) is 3.73. The van der Waals surface area contributed by atoms with E-state index in [1.54, 1.807) is 37.4 Å². The van der Waals surface area contributed by atoms with E-state index >= 15 is 0 Å². The van der Waals surface area contributed by atoms with Gasteiger partial charge < -0.3 is 14.2 Å². The summed E-state index contributed by atoms with van der Waals surface area (Å²) in [4.78, 5) is 16.3. The highest BCUT2D eigenvalue weighted by atomic mass is 32.2. The molecule has 0 aliphatic heterocycles. The standard InChI is InChI=1S/C24H24N4O6S2/c1-16(2)36(30,31)24-27-23(35-28-24)26-22(29)18(15-25)13-17-7-9-19(10-8-17)33-11-12-34-21-6-4-5-20(14-21)32-3/h4-10,13-14,16H,11-12H2,1-3H3,(H,26,27,28,29). The van der Waals surface area contributed by atoms with Gasteiger partial charge in [0, 0.05) is 17.6 Å². The summed E-state index contributed by atoms with van der Waals surface area (Å²) in [6.07, 6.45) is 1.40. The number of carbonyl (C=O) groups excluding carboxylic acids is 1. The number of anilines is 1. The summed E-state index contributed by atoms with van der Waals surface area (Å²) in [5.41, 5.74) is 0.417.